The number of aromatic nitrogens is 2. The molecular weight excluding hydrogens is 376 g/mol. The van der Waals surface area contributed by atoms with Gasteiger partial charge in [0.25, 0.3) is 0 Å². The Kier molecular flexibility index (Phi) is 4.12. The topological polar surface area (TPSA) is 98.0 Å². The normalized spacial score (nSPS) is 15.9. The molecule has 1 fully saturated rings. The molecule has 1 aromatic heterocycles. The Bertz CT molecular complexity index is 1080. The summed E-state index contributed by atoms with van der Waals surface area (Å²) in [5.41, 5.74) is 1.41. The third-order valence-electron chi connectivity index (χ3n) is 4.80. The Morgan fingerprint density at radius 1 is 0.931 bits per heavy atom. The van der Waals surface area contributed by atoms with Gasteiger partial charge in [-0.15, -0.1) is 0 Å². The quantitative estimate of drug-likeness (QED) is 0.625. The number of carbonyl (C=O) groups is 2. The highest BCUT2D eigenvalue weighted by atomic mass is 16.7. The first-order valence-corrected chi connectivity index (χ1v) is 9.07. The molecule has 5 rings (SSSR count). The molecule has 29 heavy (non-hydrogen) atoms. The maximum Gasteiger partial charge on any atom is 0.316 e. The predicted octanol–water partition coefficient (Wildman–Crippen LogP) is 1.84. The van der Waals surface area contributed by atoms with Crippen LogP contribution >= 0.6 is 0 Å². The lowest BCUT2D eigenvalue weighted by molar-refractivity contribution is -0.146. The van der Waals surface area contributed by atoms with Crippen molar-refractivity contribution in [2.45, 2.75) is 6.54 Å². The van der Waals surface area contributed by atoms with Gasteiger partial charge in [-0.25, -0.2) is 0 Å². The highest BCUT2D eigenvalue weighted by molar-refractivity contribution is 6.40. The second-order valence-corrected chi connectivity index (χ2v) is 6.60. The maximum absolute atomic E-state index is 12.5. The molecule has 2 amide bonds. The molecule has 0 bridgehead atoms. The average Bonchev–Trinajstić information content (AvgIpc) is 3.41. The van der Waals surface area contributed by atoms with E-state index in [-0.39, 0.29) is 19.2 Å². The highest BCUT2D eigenvalue weighted by Crippen LogP contribution is 2.35. The number of anilines is 1. The Hall–Kier alpha value is -3.88. The van der Waals surface area contributed by atoms with Gasteiger partial charge in [-0.05, 0) is 30.3 Å². The van der Waals surface area contributed by atoms with Crippen LogP contribution in [0.1, 0.15) is 5.89 Å². The molecule has 0 spiro atoms. The fourth-order valence-corrected chi connectivity index (χ4v) is 3.31. The van der Waals surface area contributed by atoms with E-state index in [1.165, 1.54) is 9.80 Å². The summed E-state index contributed by atoms with van der Waals surface area (Å²) in [5, 5.41) is 3.97. The Labute approximate surface area is 165 Å². The van der Waals surface area contributed by atoms with Crippen LogP contribution in [0.2, 0.25) is 0 Å². The first-order chi connectivity index (χ1) is 14.2. The van der Waals surface area contributed by atoms with Crippen LogP contribution < -0.4 is 14.4 Å². The van der Waals surface area contributed by atoms with Crippen molar-refractivity contribution in [3.05, 3.63) is 54.4 Å². The van der Waals surface area contributed by atoms with Crippen LogP contribution in [0.3, 0.4) is 0 Å². The maximum atomic E-state index is 12.5. The summed E-state index contributed by atoms with van der Waals surface area (Å²) in [4.78, 5) is 32.3. The zero-order valence-corrected chi connectivity index (χ0v) is 15.3. The fraction of sp³-hybridized carbons (Fsp3) is 0.200. The van der Waals surface area contributed by atoms with Gasteiger partial charge in [0.1, 0.15) is 6.54 Å². The van der Waals surface area contributed by atoms with Crippen molar-refractivity contribution >= 4 is 17.5 Å². The SMILES string of the molecule is O=C1C(=O)N(c2ccccc2)CCN1Cc1nc(-c2ccc3c(c2)OCO3)no1. The molecule has 3 aromatic rings. The summed E-state index contributed by atoms with van der Waals surface area (Å²) in [5.74, 6) is 0.748. The van der Waals surface area contributed by atoms with Gasteiger partial charge < -0.3 is 23.8 Å². The third-order valence-corrected chi connectivity index (χ3v) is 4.80. The van der Waals surface area contributed by atoms with E-state index in [0.29, 0.717) is 41.7 Å². The van der Waals surface area contributed by atoms with Gasteiger partial charge in [0.15, 0.2) is 11.5 Å². The average molecular weight is 392 g/mol. The van der Waals surface area contributed by atoms with Crippen molar-refractivity contribution in [3.8, 4) is 22.9 Å². The number of hydrogen-bond acceptors (Lipinski definition) is 7. The number of fused-ring (bicyclic) bond motifs is 1. The lowest BCUT2D eigenvalue weighted by atomic mass is 10.2. The summed E-state index contributed by atoms with van der Waals surface area (Å²) >= 11 is 0. The van der Waals surface area contributed by atoms with Gasteiger partial charge in [-0.2, -0.15) is 4.98 Å². The predicted molar refractivity (Wildman–Crippen MR) is 100 cm³/mol. The molecule has 9 nitrogen and oxygen atoms in total. The lowest BCUT2D eigenvalue weighted by Crippen LogP contribution is -2.54. The number of nitrogens with zero attached hydrogens (tertiary/aromatic N) is 4. The number of hydrogen-bond donors (Lipinski definition) is 0. The highest BCUT2D eigenvalue weighted by Gasteiger charge is 2.34. The Balaban J connectivity index is 1.29. The van der Waals surface area contributed by atoms with E-state index < -0.39 is 11.8 Å². The zero-order chi connectivity index (χ0) is 19.8. The molecule has 0 saturated carbocycles. The van der Waals surface area contributed by atoms with Crippen molar-refractivity contribution in [3.63, 3.8) is 0 Å². The number of para-hydroxylation sites is 1. The van der Waals surface area contributed by atoms with Crippen LogP contribution in [0.4, 0.5) is 5.69 Å². The molecule has 0 N–H and O–H groups in total. The molecule has 3 heterocycles. The molecule has 2 aliphatic heterocycles. The molecular formula is C20H16N4O5. The minimum atomic E-state index is -0.595. The van der Waals surface area contributed by atoms with E-state index >= 15 is 0 Å². The van der Waals surface area contributed by atoms with Crippen molar-refractivity contribution in [2.24, 2.45) is 0 Å². The third kappa shape index (κ3) is 3.16. The number of carbonyl (C=O) groups excluding carboxylic acids is 2. The van der Waals surface area contributed by atoms with Crippen LogP contribution in [0.25, 0.3) is 11.4 Å². The largest absolute Gasteiger partial charge is 0.454 e. The number of amides is 2. The van der Waals surface area contributed by atoms with Crippen LogP contribution in [-0.4, -0.2) is 46.7 Å². The molecule has 9 heteroatoms. The molecule has 2 aromatic carbocycles. The van der Waals surface area contributed by atoms with Crippen molar-refractivity contribution < 1.29 is 23.6 Å². The van der Waals surface area contributed by atoms with Crippen LogP contribution in [0.5, 0.6) is 11.5 Å². The molecule has 0 aliphatic carbocycles. The first kappa shape index (κ1) is 17.2. The van der Waals surface area contributed by atoms with E-state index in [9.17, 15) is 9.59 Å². The summed E-state index contributed by atoms with van der Waals surface area (Å²) in [7, 11) is 0. The van der Waals surface area contributed by atoms with E-state index in [1.807, 2.05) is 18.2 Å². The Morgan fingerprint density at radius 2 is 1.76 bits per heavy atom. The number of ether oxygens (including phenoxy) is 2. The fourth-order valence-electron chi connectivity index (χ4n) is 3.31. The minimum Gasteiger partial charge on any atom is -0.454 e. The lowest BCUT2D eigenvalue weighted by Gasteiger charge is -2.32. The van der Waals surface area contributed by atoms with E-state index in [4.69, 9.17) is 14.0 Å². The van der Waals surface area contributed by atoms with Gasteiger partial charge >= 0.3 is 11.8 Å². The monoisotopic (exact) mass is 392 g/mol. The van der Waals surface area contributed by atoms with Crippen LogP contribution in [0.15, 0.2) is 53.1 Å². The minimum absolute atomic E-state index is 0.0742. The molecule has 0 unspecified atom stereocenters. The molecule has 146 valence electrons. The summed E-state index contributed by atoms with van der Waals surface area (Å²) in [6.07, 6.45) is 0. The summed E-state index contributed by atoms with van der Waals surface area (Å²) < 4.78 is 15.9. The second kappa shape index (κ2) is 6.93. The Morgan fingerprint density at radius 3 is 2.62 bits per heavy atom. The number of rotatable bonds is 4. The zero-order valence-electron chi connectivity index (χ0n) is 15.3. The van der Waals surface area contributed by atoms with E-state index in [1.54, 1.807) is 30.3 Å². The number of piperazine rings is 1. The van der Waals surface area contributed by atoms with Gasteiger partial charge in [-0.1, -0.05) is 23.4 Å². The van der Waals surface area contributed by atoms with Gasteiger partial charge in [0.05, 0.1) is 0 Å². The van der Waals surface area contributed by atoms with Crippen molar-refractivity contribution in [1.82, 2.24) is 15.0 Å². The summed E-state index contributed by atoms with van der Waals surface area (Å²) in [6, 6.07) is 14.5. The van der Waals surface area contributed by atoms with Gasteiger partial charge in [0.2, 0.25) is 18.5 Å². The number of benzene rings is 2. The smallest absolute Gasteiger partial charge is 0.316 e. The van der Waals surface area contributed by atoms with Crippen molar-refractivity contribution in [2.75, 3.05) is 24.8 Å². The van der Waals surface area contributed by atoms with Crippen molar-refractivity contribution in [1.29, 1.82) is 0 Å². The molecule has 0 atom stereocenters. The second-order valence-electron chi connectivity index (χ2n) is 6.60. The molecule has 1 saturated heterocycles. The van der Waals surface area contributed by atoms with Crippen LogP contribution in [-0.2, 0) is 16.1 Å². The van der Waals surface area contributed by atoms with Gasteiger partial charge in [-0.3, -0.25) is 9.59 Å². The standard InChI is InChI=1S/C20H16N4O5/c25-19-20(26)24(14-4-2-1-3-5-14)9-8-23(19)11-17-21-18(22-29-17)13-6-7-15-16(10-13)28-12-27-15/h1-7,10H,8-9,11-12H2. The van der Waals surface area contributed by atoms with E-state index in [0.717, 1.165) is 0 Å². The molecule has 0 radical (unpaired) electrons. The van der Waals surface area contributed by atoms with Crippen LogP contribution in [0, 0.1) is 0 Å². The first-order valence-electron chi connectivity index (χ1n) is 9.07. The van der Waals surface area contributed by atoms with E-state index in [2.05, 4.69) is 10.1 Å². The summed E-state index contributed by atoms with van der Waals surface area (Å²) in [6.45, 7) is 1.03. The molecule has 2 aliphatic rings. The van der Waals surface area contributed by atoms with Gasteiger partial charge in [0, 0.05) is 24.3 Å².